The van der Waals surface area contributed by atoms with Crippen LogP contribution in [0.3, 0.4) is 0 Å². The molecule has 0 amide bonds. The lowest BCUT2D eigenvalue weighted by atomic mass is 10.2. The van der Waals surface area contributed by atoms with Gasteiger partial charge in [0.1, 0.15) is 5.82 Å². The second kappa shape index (κ2) is 5.46. The maximum atomic E-state index is 6.21. The van der Waals surface area contributed by atoms with Crippen LogP contribution in [0.5, 0.6) is 0 Å². The summed E-state index contributed by atoms with van der Waals surface area (Å²) in [5.41, 5.74) is 1.52. The number of hydrogen-bond donors (Lipinski definition) is 1. The van der Waals surface area contributed by atoms with E-state index in [-0.39, 0.29) is 0 Å². The van der Waals surface area contributed by atoms with Gasteiger partial charge in [-0.3, -0.25) is 0 Å². The van der Waals surface area contributed by atoms with E-state index >= 15 is 0 Å². The molecule has 0 saturated heterocycles. The lowest BCUT2D eigenvalue weighted by Crippen LogP contribution is -2.05. The monoisotopic (exact) mass is 287 g/mol. The van der Waals surface area contributed by atoms with Gasteiger partial charge in [0.2, 0.25) is 0 Å². The first-order valence-corrected chi connectivity index (χ1v) is 6.88. The molecule has 0 aliphatic rings. The number of fused-ring (bicyclic) bond motifs is 1. The Bertz CT molecular complexity index is 737. The van der Waals surface area contributed by atoms with Crippen molar-refractivity contribution in [3.05, 3.63) is 41.4 Å². The molecule has 0 radical (unpaired) electrons. The van der Waals surface area contributed by atoms with Crippen molar-refractivity contribution in [2.45, 2.75) is 13.3 Å². The lowest BCUT2D eigenvalue weighted by Gasteiger charge is -2.05. The summed E-state index contributed by atoms with van der Waals surface area (Å²) in [5.74, 6) is 1.44. The number of nitrogens with one attached hydrogen (secondary N) is 1. The van der Waals surface area contributed by atoms with E-state index in [0.717, 1.165) is 24.3 Å². The van der Waals surface area contributed by atoms with E-state index in [1.165, 1.54) is 0 Å². The standard InChI is InChI=1S/C14H14ClN5/c1-2-9-16-12-7-8-13-17-18-14(20(13)19-12)10-5-3-4-6-11(10)15/h3-8H,2,9H2,1H3,(H,16,19). The minimum atomic E-state index is 0.635. The van der Waals surface area contributed by atoms with Gasteiger partial charge in [-0.25, -0.2) is 0 Å². The van der Waals surface area contributed by atoms with Gasteiger partial charge in [0.15, 0.2) is 11.5 Å². The SMILES string of the molecule is CCCNc1ccc2nnc(-c3ccccc3Cl)n2n1. The summed E-state index contributed by atoms with van der Waals surface area (Å²) in [7, 11) is 0. The maximum absolute atomic E-state index is 6.21. The molecule has 0 bridgehead atoms. The molecule has 2 aromatic heterocycles. The topological polar surface area (TPSA) is 55.1 Å². The van der Waals surface area contributed by atoms with Crippen molar-refractivity contribution in [2.75, 3.05) is 11.9 Å². The highest BCUT2D eigenvalue weighted by Crippen LogP contribution is 2.26. The van der Waals surface area contributed by atoms with Crippen LogP contribution >= 0.6 is 11.6 Å². The van der Waals surface area contributed by atoms with Crippen LogP contribution in [-0.2, 0) is 0 Å². The Kier molecular flexibility index (Phi) is 3.52. The van der Waals surface area contributed by atoms with Gasteiger partial charge in [0.05, 0.1) is 5.02 Å². The number of halogens is 1. The Hall–Kier alpha value is -2.14. The highest BCUT2D eigenvalue weighted by Gasteiger charge is 2.12. The molecule has 0 unspecified atom stereocenters. The van der Waals surface area contributed by atoms with E-state index in [0.29, 0.717) is 16.5 Å². The quantitative estimate of drug-likeness (QED) is 0.800. The van der Waals surface area contributed by atoms with Crippen molar-refractivity contribution in [3.63, 3.8) is 0 Å². The molecular formula is C14H14ClN5. The van der Waals surface area contributed by atoms with E-state index in [9.17, 15) is 0 Å². The second-order valence-electron chi connectivity index (χ2n) is 4.42. The minimum absolute atomic E-state index is 0.635. The Morgan fingerprint density at radius 1 is 1.15 bits per heavy atom. The summed E-state index contributed by atoms with van der Waals surface area (Å²) in [5, 5.41) is 16.7. The molecule has 20 heavy (non-hydrogen) atoms. The molecule has 0 aliphatic heterocycles. The fraction of sp³-hybridized carbons (Fsp3) is 0.214. The molecular weight excluding hydrogens is 274 g/mol. The van der Waals surface area contributed by atoms with E-state index in [1.54, 1.807) is 4.52 Å². The van der Waals surface area contributed by atoms with Crippen LogP contribution in [-0.4, -0.2) is 26.4 Å². The van der Waals surface area contributed by atoms with Crippen molar-refractivity contribution >= 4 is 23.1 Å². The number of rotatable bonds is 4. The van der Waals surface area contributed by atoms with E-state index in [4.69, 9.17) is 11.6 Å². The first-order chi connectivity index (χ1) is 9.79. The van der Waals surface area contributed by atoms with Crippen molar-refractivity contribution in [3.8, 4) is 11.4 Å². The predicted octanol–water partition coefficient (Wildman–Crippen LogP) is 3.27. The van der Waals surface area contributed by atoms with Crippen LogP contribution in [0.1, 0.15) is 13.3 Å². The molecule has 1 aromatic carbocycles. The molecule has 0 atom stereocenters. The van der Waals surface area contributed by atoms with Crippen LogP contribution in [0, 0.1) is 0 Å². The summed E-state index contributed by atoms with van der Waals surface area (Å²) < 4.78 is 1.71. The van der Waals surface area contributed by atoms with Crippen LogP contribution in [0.15, 0.2) is 36.4 Å². The first kappa shape index (κ1) is 12.9. The van der Waals surface area contributed by atoms with Gasteiger partial charge in [0, 0.05) is 12.1 Å². The second-order valence-corrected chi connectivity index (χ2v) is 4.83. The first-order valence-electron chi connectivity index (χ1n) is 6.51. The summed E-state index contributed by atoms with van der Waals surface area (Å²) in [6.07, 6.45) is 1.04. The molecule has 102 valence electrons. The van der Waals surface area contributed by atoms with Crippen LogP contribution in [0.2, 0.25) is 5.02 Å². The van der Waals surface area contributed by atoms with Crippen LogP contribution in [0.4, 0.5) is 5.82 Å². The average Bonchev–Trinajstić information content (AvgIpc) is 2.88. The van der Waals surface area contributed by atoms with Gasteiger partial charge < -0.3 is 5.32 Å². The largest absolute Gasteiger partial charge is 0.369 e. The van der Waals surface area contributed by atoms with Crippen LogP contribution < -0.4 is 5.32 Å². The van der Waals surface area contributed by atoms with Gasteiger partial charge >= 0.3 is 0 Å². The third-order valence-corrected chi connectivity index (χ3v) is 3.26. The zero-order chi connectivity index (χ0) is 13.9. The molecule has 0 saturated carbocycles. The molecule has 6 heteroatoms. The molecule has 3 aromatic rings. The molecule has 0 fully saturated rings. The zero-order valence-corrected chi connectivity index (χ0v) is 11.8. The Morgan fingerprint density at radius 2 is 2.00 bits per heavy atom. The summed E-state index contributed by atoms with van der Waals surface area (Å²) in [6.45, 7) is 2.99. The van der Waals surface area contributed by atoms with Gasteiger partial charge in [0.25, 0.3) is 0 Å². The molecule has 0 aliphatic carbocycles. The molecule has 0 spiro atoms. The normalized spacial score (nSPS) is 10.9. The number of hydrogen-bond acceptors (Lipinski definition) is 4. The van der Waals surface area contributed by atoms with Gasteiger partial charge in [-0.1, -0.05) is 30.7 Å². The summed E-state index contributed by atoms with van der Waals surface area (Å²) in [6, 6.07) is 11.3. The van der Waals surface area contributed by atoms with Gasteiger partial charge in [-0.15, -0.1) is 15.3 Å². The van der Waals surface area contributed by atoms with E-state index < -0.39 is 0 Å². The zero-order valence-electron chi connectivity index (χ0n) is 11.0. The number of benzene rings is 1. The van der Waals surface area contributed by atoms with E-state index in [1.807, 2.05) is 36.4 Å². The van der Waals surface area contributed by atoms with Crippen LogP contribution in [0.25, 0.3) is 17.0 Å². The average molecular weight is 288 g/mol. The molecule has 3 rings (SSSR count). The maximum Gasteiger partial charge on any atom is 0.186 e. The Morgan fingerprint density at radius 3 is 2.80 bits per heavy atom. The number of anilines is 1. The molecule has 5 nitrogen and oxygen atoms in total. The highest BCUT2D eigenvalue weighted by molar-refractivity contribution is 6.33. The van der Waals surface area contributed by atoms with Crippen molar-refractivity contribution in [2.24, 2.45) is 0 Å². The predicted molar refractivity (Wildman–Crippen MR) is 80.0 cm³/mol. The smallest absolute Gasteiger partial charge is 0.186 e. The molecule has 1 N–H and O–H groups in total. The Labute approximate surface area is 121 Å². The lowest BCUT2D eigenvalue weighted by molar-refractivity contribution is 0.906. The Balaban J connectivity index is 2.10. The van der Waals surface area contributed by atoms with E-state index in [2.05, 4.69) is 27.5 Å². The highest BCUT2D eigenvalue weighted by atomic mass is 35.5. The summed E-state index contributed by atoms with van der Waals surface area (Å²) >= 11 is 6.21. The van der Waals surface area contributed by atoms with Gasteiger partial charge in [-0.05, 0) is 30.7 Å². The summed E-state index contributed by atoms with van der Waals surface area (Å²) in [4.78, 5) is 0. The molecule has 2 heterocycles. The van der Waals surface area contributed by atoms with Crippen molar-refractivity contribution in [1.82, 2.24) is 19.8 Å². The third kappa shape index (κ3) is 2.32. The van der Waals surface area contributed by atoms with Crippen molar-refractivity contribution < 1.29 is 0 Å². The number of aromatic nitrogens is 4. The fourth-order valence-electron chi connectivity index (χ4n) is 1.95. The minimum Gasteiger partial charge on any atom is -0.369 e. The van der Waals surface area contributed by atoms with Crippen molar-refractivity contribution in [1.29, 1.82) is 0 Å². The van der Waals surface area contributed by atoms with Gasteiger partial charge in [-0.2, -0.15) is 4.52 Å². The third-order valence-electron chi connectivity index (χ3n) is 2.93. The fourth-order valence-corrected chi connectivity index (χ4v) is 2.17. The number of nitrogens with zero attached hydrogens (tertiary/aromatic N) is 4.